The van der Waals surface area contributed by atoms with Crippen LogP contribution < -0.4 is 10.6 Å². The van der Waals surface area contributed by atoms with E-state index in [1.807, 2.05) is 24.3 Å². The molecule has 1 aromatic carbocycles. The first kappa shape index (κ1) is 19.7. The predicted molar refractivity (Wildman–Crippen MR) is 102 cm³/mol. The van der Waals surface area contributed by atoms with Crippen molar-refractivity contribution in [1.29, 1.82) is 0 Å². The summed E-state index contributed by atoms with van der Waals surface area (Å²) in [5.41, 5.74) is 2.16. The number of benzene rings is 1. The van der Waals surface area contributed by atoms with Gasteiger partial charge in [0.1, 0.15) is 0 Å². The lowest BCUT2D eigenvalue weighted by molar-refractivity contribution is -0.135. The Bertz CT molecular complexity index is 629. The van der Waals surface area contributed by atoms with Crippen LogP contribution in [0.5, 0.6) is 0 Å². The molecule has 1 aliphatic carbocycles. The number of halogens is 1. The lowest BCUT2D eigenvalue weighted by atomic mass is 9.91. The number of likely N-dealkylation sites (N-methyl/N-ethyl adjacent to an activating group) is 1. The van der Waals surface area contributed by atoms with Gasteiger partial charge in [0.15, 0.2) is 0 Å². The maximum Gasteiger partial charge on any atom is 0.243 e. The maximum absolute atomic E-state index is 12.6. The van der Waals surface area contributed by atoms with Gasteiger partial charge in [0.05, 0.1) is 6.54 Å². The molecular formula is C19H28ClN3O2. The normalized spacial score (nSPS) is 20.5. The highest BCUT2D eigenvalue weighted by Crippen LogP contribution is 2.59. The second-order valence-corrected chi connectivity index (χ2v) is 7.12. The van der Waals surface area contributed by atoms with E-state index in [1.165, 1.54) is 0 Å². The van der Waals surface area contributed by atoms with Gasteiger partial charge in [0.2, 0.25) is 11.8 Å². The van der Waals surface area contributed by atoms with Crippen LogP contribution in [0.2, 0.25) is 0 Å². The fourth-order valence-electron chi connectivity index (χ4n) is 3.87. The van der Waals surface area contributed by atoms with E-state index in [9.17, 15) is 9.59 Å². The highest BCUT2D eigenvalue weighted by Gasteiger charge is 2.58. The summed E-state index contributed by atoms with van der Waals surface area (Å²) in [6.07, 6.45) is 4.00. The number of anilines is 1. The van der Waals surface area contributed by atoms with Crippen LogP contribution in [-0.2, 0) is 16.0 Å². The number of rotatable bonds is 5. The molecule has 1 heterocycles. The summed E-state index contributed by atoms with van der Waals surface area (Å²) >= 11 is 0. The molecule has 1 saturated heterocycles. The standard InChI is InChI=1S/C19H27N3O2.ClH/c1-3-14-6-4-5-7-16(14)21-17(23)13-22(2)18(24)15-12-19(15)8-10-20-11-9-19;/h4-7,15,20H,3,8-13H2,1-2H3,(H,21,23);1H. The van der Waals surface area contributed by atoms with E-state index in [0.717, 1.165) is 50.0 Å². The summed E-state index contributed by atoms with van der Waals surface area (Å²) in [5.74, 6) is 0.0999. The van der Waals surface area contributed by atoms with Gasteiger partial charge in [0.25, 0.3) is 0 Å². The average Bonchev–Trinajstić information content (AvgIpc) is 3.28. The molecule has 3 rings (SSSR count). The molecule has 5 nitrogen and oxygen atoms in total. The quantitative estimate of drug-likeness (QED) is 0.842. The van der Waals surface area contributed by atoms with Crippen LogP contribution in [0.1, 0.15) is 31.7 Å². The summed E-state index contributed by atoms with van der Waals surface area (Å²) in [4.78, 5) is 26.5. The van der Waals surface area contributed by atoms with Crippen molar-refractivity contribution in [3.63, 3.8) is 0 Å². The van der Waals surface area contributed by atoms with Gasteiger partial charge >= 0.3 is 0 Å². The smallest absolute Gasteiger partial charge is 0.243 e. The average molecular weight is 366 g/mol. The second-order valence-electron chi connectivity index (χ2n) is 7.12. The first-order chi connectivity index (χ1) is 11.6. The minimum absolute atomic E-state index is 0. The number of hydrogen-bond acceptors (Lipinski definition) is 3. The molecule has 0 radical (unpaired) electrons. The van der Waals surface area contributed by atoms with Crippen molar-refractivity contribution in [3.05, 3.63) is 29.8 Å². The highest BCUT2D eigenvalue weighted by molar-refractivity contribution is 5.95. The number of hydrogen-bond donors (Lipinski definition) is 2. The van der Waals surface area contributed by atoms with Gasteiger partial charge in [-0.25, -0.2) is 0 Å². The Labute approximate surface area is 155 Å². The number of aryl methyl sites for hydroxylation is 1. The number of amides is 2. The van der Waals surface area contributed by atoms with E-state index >= 15 is 0 Å². The van der Waals surface area contributed by atoms with Crippen LogP contribution in [0, 0.1) is 11.3 Å². The van der Waals surface area contributed by atoms with Crippen molar-refractivity contribution in [2.45, 2.75) is 32.6 Å². The van der Waals surface area contributed by atoms with Crippen LogP contribution in [0.25, 0.3) is 0 Å². The molecule has 1 spiro atoms. The monoisotopic (exact) mass is 365 g/mol. The molecule has 1 aromatic rings. The lowest BCUT2D eigenvalue weighted by Gasteiger charge is -2.25. The molecule has 138 valence electrons. The van der Waals surface area contributed by atoms with E-state index in [-0.39, 0.29) is 42.1 Å². The zero-order valence-corrected chi connectivity index (χ0v) is 15.8. The Morgan fingerprint density at radius 3 is 2.64 bits per heavy atom. The van der Waals surface area contributed by atoms with Gasteiger partial charge in [-0.3, -0.25) is 9.59 Å². The third kappa shape index (κ3) is 4.33. The van der Waals surface area contributed by atoms with Crippen molar-refractivity contribution in [2.75, 3.05) is 32.0 Å². The van der Waals surface area contributed by atoms with Gasteiger partial charge in [-0.2, -0.15) is 0 Å². The van der Waals surface area contributed by atoms with Crippen molar-refractivity contribution in [1.82, 2.24) is 10.2 Å². The van der Waals surface area contributed by atoms with E-state index < -0.39 is 0 Å². The van der Waals surface area contributed by atoms with Crippen LogP contribution >= 0.6 is 12.4 Å². The summed E-state index contributed by atoms with van der Waals surface area (Å²) in [6, 6.07) is 7.80. The van der Waals surface area contributed by atoms with Gasteiger partial charge in [-0.15, -0.1) is 12.4 Å². The molecule has 25 heavy (non-hydrogen) atoms. The third-order valence-corrected chi connectivity index (χ3v) is 5.52. The summed E-state index contributed by atoms with van der Waals surface area (Å²) in [7, 11) is 1.74. The Kier molecular flexibility index (Phi) is 6.47. The fourth-order valence-corrected chi connectivity index (χ4v) is 3.87. The fraction of sp³-hybridized carbons (Fsp3) is 0.579. The molecule has 1 saturated carbocycles. The maximum atomic E-state index is 12.6. The van der Waals surface area contributed by atoms with Crippen molar-refractivity contribution >= 4 is 29.9 Å². The highest BCUT2D eigenvalue weighted by atomic mass is 35.5. The molecule has 2 amide bonds. The van der Waals surface area contributed by atoms with Crippen LogP contribution in [0.4, 0.5) is 5.69 Å². The van der Waals surface area contributed by atoms with Gasteiger partial charge in [-0.1, -0.05) is 25.1 Å². The molecule has 1 atom stereocenters. The Hall–Kier alpha value is -1.59. The number of piperidine rings is 1. The summed E-state index contributed by atoms with van der Waals surface area (Å²) in [5, 5.41) is 6.29. The molecule has 0 bridgehead atoms. The number of nitrogens with one attached hydrogen (secondary N) is 2. The van der Waals surface area contributed by atoms with E-state index in [4.69, 9.17) is 0 Å². The van der Waals surface area contributed by atoms with Gasteiger partial charge < -0.3 is 15.5 Å². The molecule has 2 aliphatic rings. The molecule has 2 N–H and O–H groups in total. The summed E-state index contributed by atoms with van der Waals surface area (Å²) < 4.78 is 0. The second kappa shape index (κ2) is 8.19. The van der Waals surface area contributed by atoms with E-state index in [1.54, 1.807) is 11.9 Å². The lowest BCUT2D eigenvalue weighted by Crippen LogP contribution is -2.38. The Morgan fingerprint density at radius 1 is 1.28 bits per heavy atom. The Balaban J connectivity index is 0.00000225. The van der Waals surface area contributed by atoms with E-state index in [2.05, 4.69) is 17.6 Å². The van der Waals surface area contributed by atoms with Crippen molar-refractivity contribution < 1.29 is 9.59 Å². The molecule has 2 fully saturated rings. The SMILES string of the molecule is CCc1ccccc1NC(=O)CN(C)C(=O)C1CC12CCNCC2.Cl. The van der Waals surface area contributed by atoms with E-state index in [0.29, 0.717) is 0 Å². The zero-order valence-electron chi connectivity index (χ0n) is 15.0. The number of para-hydroxylation sites is 1. The topological polar surface area (TPSA) is 61.4 Å². The third-order valence-electron chi connectivity index (χ3n) is 5.52. The minimum Gasteiger partial charge on any atom is -0.336 e. The zero-order chi connectivity index (χ0) is 17.2. The number of carbonyl (C=O) groups is 2. The van der Waals surface area contributed by atoms with Gasteiger partial charge in [0, 0.05) is 18.7 Å². The molecule has 1 aliphatic heterocycles. The predicted octanol–water partition coefficient (Wildman–Crippen LogP) is 2.46. The number of nitrogens with zero attached hydrogens (tertiary/aromatic N) is 1. The Morgan fingerprint density at radius 2 is 1.96 bits per heavy atom. The largest absolute Gasteiger partial charge is 0.336 e. The van der Waals surface area contributed by atoms with Crippen molar-refractivity contribution in [2.24, 2.45) is 11.3 Å². The molecule has 1 unspecified atom stereocenters. The first-order valence-corrected chi connectivity index (χ1v) is 8.89. The molecule has 6 heteroatoms. The van der Waals surface area contributed by atoms with Crippen LogP contribution in [0.3, 0.4) is 0 Å². The number of carbonyl (C=O) groups excluding carboxylic acids is 2. The van der Waals surface area contributed by atoms with Gasteiger partial charge in [-0.05, 0) is 55.8 Å². The van der Waals surface area contributed by atoms with Crippen LogP contribution in [0.15, 0.2) is 24.3 Å². The summed E-state index contributed by atoms with van der Waals surface area (Å²) in [6.45, 7) is 4.18. The van der Waals surface area contributed by atoms with Crippen LogP contribution in [-0.4, -0.2) is 43.4 Å². The van der Waals surface area contributed by atoms with Crippen molar-refractivity contribution in [3.8, 4) is 0 Å². The molecular weight excluding hydrogens is 338 g/mol. The minimum atomic E-state index is -0.133. The first-order valence-electron chi connectivity index (χ1n) is 8.89. The molecule has 0 aromatic heterocycles.